The molecule has 134 valence electrons. The highest BCUT2D eigenvalue weighted by atomic mass is 32.2. The number of rotatable bonds is 4. The molecule has 3 aromatic rings. The number of nitrogens with zero attached hydrogens (tertiary/aromatic N) is 1. The van der Waals surface area contributed by atoms with Crippen LogP contribution in [0.15, 0.2) is 82.8 Å². The van der Waals surface area contributed by atoms with Gasteiger partial charge in [0.05, 0.1) is 0 Å². The Hall–Kier alpha value is -2.87. The van der Waals surface area contributed by atoms with Crippen molar-refractivity contribution in [2.45, 2.75) is 11.1 Å². The largest absolute Gasteiger partial charge is 0.437 e. The molecule has 0 aliphatic rings. The molecule has 0 aliphatic carbocycles. The quantitative estimate of drug-likeness (QED) is 0.495. The first-order valence-electron chi connectivity index (χ1n) is 7.40. The van der Waals surface area contributed by atoms with E-state index in [0.29, 0.717) is 5.39 Å². The molecule has 0 bridgehead atoms. The second kappa shape index (κ2) is 6.80. The Morgan fingerprint density at radius 3 is 2.12 bits per heavy atom. The van der Waals surface area contributed by atoms with Crippen LogP contribution in [-0.2, 0) is 14.4 Å². The van der Waals surface area contributed by atoms with Crippen LogP contribution in [0.4, 0.5) is 13.2 Å². The van der Waals surface area contributed by atoms with Gasteiger partial charge in [-0.2, -0.15) is 21.6 Å². The Bertz CT molecular complexity index is 1060. The van der Waals surface area contributed by atoms with Gasteiger partial charge in [0, 0.05) is 5.56 Å². The van der Waals surface area contributed by atoms with E-state index in [4.69, 9.17) is 0 Å². The van der Waals surface area contributed by atoms with Crippen LogP contribution in [-0.4, -0.2) is 20.3 Å². The molecule has 0 radical (unpaired) electrons. The fraction of sp³-hybridized carbons (Fsp3) is 0.0556. The number of oxime groups is 1. The maximum Gasteiger partial charge on any atom is 0.437 e. The summed E-state index contributed by atoms with van der Waals surface area (Å²) in [5, 5.41) is 4.30. The Morgan fingerprint density at radius 2 is 1.46 bits per heavy atom. The van der Waals surface area contributed by atoms with E-state index >= 15 is 0 Å². The summed E-state index contributed by atoms with van der Waals surface area (Å²) in [6, 6.07) is 17.7. The molecule has 0 fully saturated rings. The van der Waals surface area contributed by atoms with Crippen LogP contribution in [0.1, 0.15) is 5.56 Å². The number of hydrogen-bond acceptors (Lipinski definition) is 4. The predicted octanol–water partition coefficient (Wildman–Crippen LogP) is 4.51. The van der Waals surface area contributed by atoms with Crippen molar-refractivity contribution in [1.82, 2.24) is 0 Å². The number of fused-ring (bicyclic) bond motifs is 1. The van der Waals surface area contributed by atoms with Crippen LogP contribution < -0.4 is 0 Å². The molecule has 8 heteroatoms. The van der Waals surface area contributed by atoms with E-state index in [1.807, 2.05) is 0 Å². The van der Waals surface area contributed by atoms with Gasteiger partial charge in [0.25, 0.3) is 0 Å². The summed E-state index contributed by atoms with van der Waals surface area (Å²) >= 11 is 0. The third-order valence-corrected chi connectivity index (χ3v) is 4.65. The summed E-state index contributed by atoms with van der Waals surface area (Å²) in [6.45, 7) is 0. The number of alkyl halides is 3. The second-order valence-electron chi connectivity index (χ2n) is 5.34. The van der Waals surface area contributed by atoms with Crippen molar-refractivity contribution in [2.24, 2.45) is 5.16 Å². The third kappa shape index (κ3) is 3.85. The van der Waals surface area contributed by atoms with Gasteiger partial charge in [-0.25, -0.2) is 0 Å². The van der Waals surface area contributed by atoms with E-state index in [1.165, 1.54) is 48.5 Å². The molecule has 0 saturated carbocycles. The summed E-state index contributed by atoms with van der Waals surface area (Å²) in [5.41, 5.74) is -1.73. The molecule has 0 saturated heterocycles. The molecule has 0 atom stereocenters. The lowest BCUT2D eigenvalue weighted by Crippen LogP contribution is -2.25. The Labute approximate surface area is 147 Å². The molecule has 0 aliphatic heterocycles. The molecule has 0 aromatic heterocycles. The molecule has 0 heterocycles. The van der Waals surface area contributed by atoms with E-state index in [1.54, 1.807) is 24.3 Å². The molecule has 0 amide bonds. The van der Waals surface area contributed by atoms with E-state index in [2.05, 4.69) is 9.44 Å². The molecule has 4 nitrogen and oxygen atoms in total. The lowest BCUT2D eigenvalue weighted by molar-refractivity contribution is -0.0597. The standard InChI is InChI=1S/C18H12F3NO3S/c19-18(20,21)17(14-7-2-1-3-8-14)22-25-26(23,24)16-11-10-13-6-4-5-9-15(13)12-16/h1-12H. The molecule has 3 rings (SSSR count). The molecule has 0 N–H and O–H groups in total. The van der Waals surface area contributed by atoms with E-state index in [9.17, 15) is 21.6 Å². The summed E-state index contributed by atoms with van der Waals surface area (Å²) < 4.78 is 68.4. The second-order valence-corrected chi connectivity index (χ2v) is 6.87. The van der Waals surface area contributed by atoms with Gasteiger partial charge in [-0.15, -0.1) is 0 Å². The highest BCUT2D eigenvalue weighted by molar-refractivity contribution is 7.86. The number of benzene rings is 3. The van der Waals surface area contributed by atoms with Crippen LogP contribution in [0.25, 0.3) is 10.8 Å². The van der Waals surface area contributed by atoms with Gasteiger partial charge in [0.15, 0.2) is 5.71 Å². The van der Waals surface area contributed by atoms with Crippen LogP contribution in [0.3, 0.4) is 0 Å². The minimum Gasteiger partial charge on any atom is -0.264 e. The summed E-state index contributed by atoms with van der Waals surface area (Å²) in [7, 11) is -4.50. The van der Waals surface area contributed by atoms with Gasteiger partial charge in [-0.1, -0.05) is 65.8 Å². The zero-order valence-corrected chi connectivity index (χ0v) is 14.0. The summed E-state index contributed by atoms with van der Waals surface area (Å²) in [5.74, 6) is 0. The van der Waals surface area contributed by atoms with Crippen LogP contribution >= 0.6 is 0 Å². The Kier molecular flexibility index (Phi) is 4.69. The van der Waals surface area contributed by atoms with Crippen molar-refractivity contribution in [3.05, 3.63) is 78.4 Å². The third-order valence-electron chi connectivity index (χ3n) is 3.55. The lowest BCUT2D eigenvalue weighted by Gasteiger charge is -2.10. The van der Waals surface area contributed by atoms with Crippen molar-refractivity contribution in [2.75, 3.05) is 0 Å². The zero-order chi connectivity index (χ0) is 18.8. The summed E-state index contributed by atoms with van der Waals surface area (Å²) in [4.78, 5) is -0.283. The minimum atomic E-state index is -4.87. The topological polar surface area (TPSA) is 55.7 Å². The molecule has 3 aromatic carbocycles. The van der Waals surface area contributed by atoms with E-state index in [0.717, 1.165) is 5.39 Å². The van der Waals surface area contributed by atoms with Crippen molar-refractivity contribution < 1.29 is 25.9 Å². The smallest absolute Gasteiger partial charge is 0.264 e. The fourth-order valence-electron chi connectivity index (χ4n) is 2.32. The van der Waals surface area contributed by atoms with Crippen LogP contribution in [0.5, 0.6) is 0 Å². The first-order chi connectivity index (χ1) is 12.3. The van der Waals surface area contributed by atoms with E-state index < -0.39 is 22.0 Å². The molecule has 26 heavy (non-hydrogen) atoms. The van der Waals surface area contributed by atoms with Crippen molar-refractivity contribution in [1.29, 1.82) is 0 Å². The van der Waals surface area contributed by atoms with Gasteiger partial charge >= 0.3 is 16.3 Å². The number of halogens is 3. The zero-order valence-electron chi connectivity index (χ0n) is 13.1. The SMILES string of the molecule is O=S(=O)(ON=C(c1ccccc1)C(F)(F)F)c1ccc2ccccc2c1. The highest BCUT2D eigenvalue weighted by Crippen LogP contribution is 2.25. The average molecular weight is 379 g/mol. The monoisotopic (exact) mass is 379 g/mol. The number of hydrogen-bond donors (Lipinski definition) is 0. The van der Waals surface area contributed by atoms with Gasteiger partial charge in [-0.05, 0) is 22.9 Å². The van der Waals surface area contributed by atoms with Crippen molar-refractivity contribution in [3.8, 4) is 0 Å². The van der Waals surface area contributed by atoms with Gasteiger partial charge < -0.3 is 0 Å². The van der Waals surface area contributed by atoms with Gasteiger partial charge in [-0.3, -0.25) is 4.28 Å². The maximum atomic E-state index is 13.2. The summed E-state index contributed by atoms with van der Waals surface area (Å²) in [6.07, 6.45) is -4.87. The van der Waals surface area contributed by atoms with Gasteiger partial charge in [0.2, 0.25) is 0 Å². The fourth-order valence-corrected chi connectivity index (χ4v) is 3.08. The van der Waals surface area contributed by atoms with E-state index in [-0.39, 0.29) is 10.5 Å². The predicted molar refractivity (Wildman–Crippen MR) is 91.3 cm³/mol. The van der Waals surface area contributed by atoms with Crippen LogP contribution in [0.2, 0.25) is 0 Å². The van der Waals surface area contributed by atoms with Crippen molar-refractivity contribution in [3.63, 3.8) is 0 Å². The van der Waals surface area contributed by atoms with Gasteiger partial charge in [0.1, 0.15) is 4.90 Å². The Morgan fingerprint density at radius 1 is 0.846 bits per heavy atom. The first kappa shape index (κ1) is 17.9. The Balaban J connectivity index is 1.97. The normalized spacial score (nSPS) is 13.0. The first-order valence-corrected chi connectivity index (χ1v) is 8.81. The highest BCUT2D eigenvalue weighted by Gasteiger charge is 2.38. The molecule has 0 unspecified atom stereocenters. The molecular weight excluding hydrogens is 367 g/mol. The lowest BCUT2D eigenvalue weighted by atomic mass is 10.1. The molecular formula is C18H12F3NO3S. The average Bonchev–Trinajstić information content (AvgIpc) is 2.61. The van der Waals surface area contributed by atoms with Crippen molar-refractivity contribution >= 4 is 26.6 Å². The minimum absolute atomic E-state index is 0.283. The van der Waals surface area contributed by atoms with Crippen LogP contribution in [0, 0.1) is 0 Å². The maximum absolute atomic E-state index is 13.2. The molecule has 0 spiro atoms.